The standard InChI is InChI=1S/C10H11ClN2O3/c1-7(14)12-13(10(15)16-2)9-5-3-8(11)4-6-9/h3-6H,1-2H3,(H,12,14). The van der Waals surface area contributed by atoms with Gasteiger partial charge in [-0.15, -0.1) is 0 Å². The first-order valence-corrected chi connectivity index (χ1v) is 4.83. The van der Waals surface area contributed by atoms with Crippen molar-refractivity contribution >= 4 is 29.3 Å². The van der Waals surface area contributed by atoms with Crippen LogP contribution in [-0.4, -0.2) is 19.1 Å². The van der Waals surface area contributed by atoms with E-state index in [0.717, 1.165) is 5.01 Å². The summed E-state index contributed by atoms with van der Waals surface area (Å²) in [7, 11) is 1.23. The summed E-state index contributed by atoms with van der Waals surface area (Å²) in [5.74, 6) is -0.375. The van der Waals surface area contributed by atoms with Gasteiger partial charge in [0.1, 0.15) is 0 Å². The van der Waals surface area contributed by atoms with Crippen LogP contribution in [0.2, 0.25) is 5.02 Å². The Kier molecular flexibility index (Phi) is 4.13. The van der Waals surface area contributed by atoms with E-state index in [0.29, 0.717) is 10.7 Å². The molecule has 0 atom stereocenters. The molecule has 0 aliphatic heterocycles. The number of amides is 2. The van der Waals surface area contributed by atoms with Crippen molar-refractivity contribution in [3.8, 4) is 0 Å². The molecule has 0 aliphatic rings. The maximum atomic E-state index is 11.4. The van der Waals surface area contributed by atoms with Crippen LogP contribution in [-0.2, 0) is 9.53 Å². The van der Waals surface area contributed by atoms with E-state index in [1.165, 1.54) is 14.0 Å². The highest BCUT2D eigenvalue weighted by atomic mass is 35.5. The number of halogens is 1. The molecule has 2 amide bonds. The lowest BCUT2D eigenvalue weighted by Gasteiger charge is -2.20. The lowest BCUT2D eigenvalue weighted by Crippen LogP contribution is -2.45. The first kappa shape index (κ1) is 12.3. The lowest BCUT2D eigenvalue weighted by atomic mass is 10.3. The normalized spacial score (nSPS) is 9.44. The summed E-state index contributed by atoms with van der Waals surface area (Å²) in [5.41, 5.74) is 2.81. The van der Waals surface area contributed by atoms with Crippen LogP contribution in [0, 0.1) is 0 Å². The third-order valence-corrected chi connectivity index (χ3v) is 1.96. The molecule has 1 aromatic rings. The number of rotatable bonds is 1. The second-order valence-electron chi connectivity index (χ2n) is 2.95. The van der Waals surface area contributed by atoms with Crippen molar-refractivity contribution < 1.29 is 14.3 Å². The molecule has 0 bridgehead atoms. The number of hydrogen-bond donors (Lipinski definition) is 1. The van der Waals surface area contributed by atoms with Crippen LogP contribution >= 0.6 is 11.6 Å². The van der Waals surface area contributed by atoms with Crippen molar-refractivity contribution in [1.29, 1.82) is 0 Å². The Morgan fingerprint density at radius 1 is 1.31 bits per heavy atom. The topological polar surface area (TPSA) is 58.6 Å². The molecular formula is C10H11ClN2O3. The van der Waals surface area contributed by atoms with Crippen LogP contribution in [0.25, 0.3) is 0 Å². The summed E-state index contributed by atoms with van der Waals surface area (Å²) in [6.07, 6.45) is -0.683. The third kappa shape index (κ3) is 3.13. The van der Waals surface area contributed by atoms with E-state index in [2.05, 4.69) is 10.2 Å². The molecule has 0 saturated heterocycles. The Bertz CT molecular complexity index is 392. The molecule has 0 saturated carbocycles. The first-order chi connectivity index (χ1) is 7.54. The molecule has 1 aromatic carbocycles. The van der Waals surface area contributed by atoms with E-state index in [9.17, 15) is 9.59 Å². The second-order valence-corrected chi connectivity index (χ2v) is 3.39. The predicted octanol–water partition coefficient (Wildman–Crippen LogP) is 1.96. The summed E-state index contributed by atoms with van der Waals surface area (Å²) in [6, 6.07) is 6.40. The first-order valence-electron chi connectivity index (χ1n) is 4.45. The van der Waals surface area contributed by atoms with Gasteiger partial charge in [0.05, 0.1) is 12.8 Å². The molecule has 86 valence electrons. The quantitative estimate of drug-likeness (QED) is 0.766. The Hall–Kier alpha value is -1.75. The van der Waals surface area contributed by atoms with E-state index < -0.39 is 6.09 Å². The van der Waals surface area contributed by atoms with Gasteiger partial charge in [0.25, 0.3) is 0 Å². The van der Waals surface area contributed by atoms with E-state index in [4.69, 9.17) is 11.6 Å². The molecule has 0 spiro atoms. The minimum atomic E-state index is -0.683. The number of hydrazine groups is 1. The molecule has 1 N–H and O–H groups in total. The molecule has 5 nitrogen and oxygen atoms in total. The number of ether oxygens (including phenoxy) is 1. The fourth-order valence-electron chi connectivity index (χ4n) is 1.05. The van der Waals surface area contributed by atoms with Crippen LogP contribution < -0.4 is 10.4 Å². The van der Waals surface area contributed by atoms with Crippen molar-refractivity contribution in [1.82, 2.24) is 5.43 Å². The van der Waals surface area contributed by atoms with Crippen LogP contribution in [0.15, 0.2) is 24.3 Å². The van der Waals surface area contributed by atoms with E-state index in [1.54, 1.807) is 24.3 Å². The second kappa shape index (κ2) is 5.37. The van der Waals surface area contributed by atoms with Crippen LogP contribution in [0.3, 0.4) is 0 Å². The largest absolute Gasteiger partial charge is 0.451 e. The number of nitrogens with one attached hydrogen (secondary N) is 1. The van der Waals surface area contributed by atoms with Gasteiger partial charge in [0.2, 0.25) is 5.91 Å². The van der Waals surface area contributed by atoms with E-state index in [-0.39, 0.29) is 5.91 Å². The molecule has 0 fully saturated rings. The van der Waals surface area contributed by atoms with Gasteiger partial charge >= 0.3 is 6.09 Å². The van der Waals surface area contributed by atoms with Gasteiger partial charge in [0.15, 0.2) is 0 Å². The molecular weight excluding hydrogens is 232 g/mol. The number of methoxy groups -OCH3 is 1. The Morgan fingerprint density at radius 3 is 2.31 bits per heavy atom. The average Bonchev–Trinajstić information content (AvgIpc) is 2.26. The van der Waals surface area contributed by atoms with Gasteiger partial charge in [-0.1, -0.05) is 11.6 Å². The monoisotopic (exact) mass is 242 g/mol. The smallest absolute Gasteiger partial charge is 0.433 e. The van der Waals surface area contributed by atoms with Gasteiger partial charge in [-0.25, -0.2) is 4.79 Å². The number of anilines is 1. The highest BCUT2D eigenvalue weighted by molar-refractivity contribution is 6.30. The third-order valence-electron chi connectivity index (χ3n) is 1.71. The maximum absolute atomic E-state index is 11.4. The Morgan fingerprint density at radius 2 is 1.88 bits per heavy atom. The number of carbonyl (C=O) groups excluding carboxylic acids is 2. The zero-order valence-corrected chi connectivity index (χ0v) is 9.62. The van der Waals surface area contributed by atoms with Gasteiger partial charge in [-0.05, 0) is 24.3 Å². The Labute approximate surface area is 97.9 Å². The fraction of sp³-hybridized carbons (Fsp3) is 0.200. The van der Waals surface area contributed by atoms with E-state index in [1.807, 2.05) is 0 Å². The summed E-state index contributed by atoms with van der Waals surface area (Å²) in [5, 5.41) is 1.54. The number of benzene rings is 1. The summed E-state index contributed by atoms with van der Waals surface area (Å²) in [6.45, 7) is 1.30. The summed E-state index contributed by atoms with van der Waals surface area (Å²) >= 11 is 5.71. The van der Waals surface area contributed by atoms with Gasteiger partial charge in [-0.2, -0.15) is 5.01 Å². The molecule has 0 heterocycles. The highest BCUT2D eigenvalue weighted by Crippen LogP contribution is 2.17. The molecule has 0 aliphatic carbocycles. The highest BCUT2D eigenvalue weighted by Gasteiger charge is 2.16. The van der Waals surface area contributed by atoms with Crippen molar-refractivity contribution in [2.75, 3.05) is 12.1 Å². The molecule has 0 radical (unpaired) electrons. The molecule has 0 unspecified atom stereocenters. The number of carbonyl (C=O) groups is 2. The van der Waals surface area contributed by atoms with Crippen LogP contribution in [0.1, 0.15) is 6.92 Å². The van der Waals surface area contributed by atoms with Gasteiger partial charge in [-0.3, -0.25) is 10.2 Å². The fourth-order valence-corrected chi connectivity index (χ4v) is 1.18. The van der Waals surface area contributed by atoms with Crippen molar-refractivity contribution in [2.24, 2.45) is 0 Å². The minimum absolute atomic E-state index is 0.375. The van der Waals surface area contributed by atoms with Crippen molar-refractivity contribution in [2.45, 2.75) is 6.92 Å². The predicted molar refractivity (Wildman–Crippen MR) is 60.2 cm³/mol. The van der Waals surface area contributed by atoms with Gasteiger partial charge in [0, 0.05) is 11.9 Å². The molecule has 1 rings (SSSR count). The zero-order valence-electron chi connectivity index (χ0n) is 8.86. The zero-order chi connectivity index (χ0) is 12.1. The van der Waals surface area contributed by atoms with Crippen molar-refractivity contribution in [3.63, 3.8) is 0 Å². The number of hydrogen-bond acceptors (Lipinski definition) is 3. The Balaban J connectivity index is 2.96. The molecule has 6 heteroatoms. The molecule has 16 heavy (non-hydrogen) atoms. The summed E-state index contributed by atoms with van der Waals surface area (Å²) in [4.78, 5) is 22.3. The van der Waals surface area contributed by atoms with Gasteiger partial charge < -0.3 is 4.74 Å². The lowest BCUT2D eigenvalue weighted by molar-refractivity contribution is -0.119. The van der Waals surface area contributed by atoms with E-state index >= 15 is 0 Å². The average molecular weight is 243 g/mol. The van der Waals surface area contributed by atoms with Crippen molar-refractivity contribution in [3.05, 3.63) is 29.3 Å². The number of nitrogens with zero attached hydrogens (tertiary/aromatic N) is 1. The summed E-state index contributed by atoms with van der Waals surface area (Å²) < 4.78 is 4.54. The minimum Gasteiger partial charge on any atom is -0.451 e. The SMILES string of the molecule is COC(=O)N(NC(C)=O)c1ccc(Cl)cc1. The van der Waals surface area contributed by atoms with Crippen LogP contribution in [0.5, 0.6) is 0 Å². The van der Waals surface area contributed by atoms with Crippen LogP contribution in [0.4, 0.5) is 10.5 Å². The maximum Gasteiger partial charge on any atom is 0.433 e. The molecule has 0 aromatic heterocycles.